The molecule has 0 unspecified atom stereocenters. The molecule has 22 heavy (non-hydrogen) atoms. The summed E-state index contributed by atoms with van der Waals surface area (Å²) in [7, 11) is 0. The summed E-state index contributed by atoms with van der Waals surface area (Å²) in [5, 5.41) is 0. The zero-order chi connectivity index (χ0) is 15.5. The summed E-state index contributed by atoms with van der Waals surface area (Å²) in [6.45, 7) is 0.799. The summed E-state index contributed by atoms with van der Waals surface area (Å²) in [4.78, 5) is 0. The largest absolute Gasteiger partial charge is 0.494 e. The Balaban J connectivity index is 1.70. The molecule has 0 spiro atoms. The Kier molecular flexibility index (Phi) is 7.90. The van der Waals surface area contributed by atoms with E-state index < -0.39 is 0 Å². The van der Waals surface area contributed by atoms with Gasteiger partial charge in [0.25, 0.3) is 0 Å². The molecule has 0 aliphatic carbocycles. The highest BCUT2D eigenvalue weighted by Crippen LogP contribution is 2.23. The lowest BCUT2D eigenvalue weighted by Crippen LogP contribution is -1.97. The second-order valence-electron chi connectivity index (χ2n) is 5.55. The molecule has 0 radical (unpaired) electrons. The maximum absolute atomic E-state index is 5.87. The average Bonchev–Trinajstić information content (AvgIpc) is 2.58. The predicted octanol–water partition coefficient (Wildman–Crippen LogP) is 6.31. The third-order valence-corrected chi connectivity index (χ3v) is 4.01. The van der Waals surface area contributed by atoms with Crippen LogP contribution >= 0.6 is 11.6 Å². The molecule has 1 nitrogen and oxygen atoms in total. The third-order valence-electron chi connectivity index (χ3n) is 3.74. The Hall–Kier alpha value is -1.47. The van der Waals surface area contributed by atoms with E-state index in [1.807, 2.05) is 12.1 Å². The van der Waals surface area contributed by atoms with Gasteiger partial charge in [-0.25, -0.2) is 0 Å². The minimum atomic E-state index is 0.793. The Morgan fingerprint density at radius 2 is 1.36 bits per heavy atom. The first-order chi connectivity index (χ1) is 10.9. The van der Waals surface area contributed by atoms with E-state index in [9.17, 15) is 0 Å². The van der Waals surface area contributed by atoms with E-state index >= 15 is 0 Å². The summed E-state index contributed by atoms with van der Waals surface area (Å²) in [6, 6.07) is 18.8. The van der Waals surface area contributed by atoms with Crippen molar-refractivity contribution in [2.45, 2.75) is 38.5 Å². The molecule has 0 heterocycles. The topological polar surface area (TPSA) is 9.23 Å². The minimum Gasteiger partial charge on any atom is -0.494 e. The van der Waals surface area contributed by atoms with Crippen LogP contribution in [0.3, 0.4) is 0 Å². The Bertz CT molecular complexity index is 524. The zero-order valence-electron chi connectivity index (χ0n) is 13.1. The van der Waals surface area contributed by atoms with Gasteiger partial charge >= 0.3 is 0 Å². The molecule has 2 aromatic carbocycles. The molecule has 0 bridgehead atoms. The molecule has 2 heteroatoms. The third kappa shape index (κ3) is 6.11. The molecule has 0 fully saturated rings. The van der Waals surface area contributed by atoms with Gasteiger partial charge in [-0.05, 0) is 36.1 Å². The maximum Gasteiger partial charge on any atom is 0.119 e. The number of hydrogen-bond acceptors (Lipinski definition) is 1. The van der Waals surface area contributed by atoms with E-state index in [4.69, 9.17) is 16.3 Å². The second-order valence-corrected chi connectivity index (χ2v) is 5.93. The number of unbranched alkanes of at least 4 members (excludes halogenated alkanes) is 5. The van der Waals surface area contributed by atoms with Crippen molar-refractivity contribution in [3.63, 3.8) is 0 Å². The molecule has 0 aromatic heterocycles. The van der Waals surface area contributed by atoms with Gasteiger partial charge in [0.15, 0.2) is 0 Å². The van der Waals surface area contributed by atoms with Gasteiger partial charge in [-0.1, -0.05) is 68.1 Å². The van der Waals surface area contributed by atoms with Gasteiger partial charge in [-0.2, -0.15) is 0 Å². The zero-order valence-corrected chi connectivity index (χ0v) is 13.9. The van der Waals surface area contributed by atoms with Crippen LogP contribution in [0.1, 0.15) is 38.5 Å². The van der Waals surface area contributed by atoms with Gasteiger partial charge < -0.3 is 4.74 Å². The van der Waals surface area contributed by atoms with E-state index in [0.29, 0.717) is 0 Å². The van der Waals surface area contributed by atoms with E-state index in [2.05, 4.69) is 42.5 Å². The molecular weight excluding hydrogens is 292 g/mol. The minimum absolute atomic E-state index is 0.793. The first kappa shape index (κ1) is 16.9. The maximum atomic E-state index is 5.87. The molecule has 2 rings (SSSR count). The van der Waals surface area contributed by atoms with Crippen molar-refractivity contribution < 1.29 is 4.74 Å². The summed E-state index contributed by atoms with van der Waals surface area (Å²) in [5.41, 5.74) is 2.44. The number of alkyl halides is 1. The van der Waals surface area contributed by atoms with Gasteiger partial charge in [0.05, 0.1) is 6.61 Å². The number of halogens is 1. The predicted molar refractivity (Wildman–Crippen MR) is 95.8 cm³/mol. The summed E-state index contributed by atoms with van der Waals surface area (Å²) in [5.74, 6) is 1.75. The molecular formula is C20H25ClO. The van der Waals surface area contributed by atoms with Gasteiger partial charge in [-0.3, -0.25) is 0 Å². The molecule has 0 saturated carbocycles. The van der Waals surface area contributed by atoms with Crippen molar-refractivity contribution in [2.24, 2.45) is 0 Å². The van der Waals surface area contributed by atoms with Crippen LogP contribution in [0.5, 0.6) is 5.75 Å². The van der Waals surface area contributed by atoms with Crippen LogP contribution in [0.15, 0.2) is 54.6 Å². The molecule has 2 aromatic rings. The Morgan fingerprint density at radius 3 is 2.14 bits per heavy atom. The fourth-order valence-electron chi connectivity index (χ4n) is 2.49. The van der Waals surface area contributed by atoms with Gasteiger partial charge in [-0.15, -0.1) is 11.6 Å². The number of rotatable bonds is 10. The average molecular weight is 317 g/mol. The molecule has 118 valence electrons. The summed E-state index contributed by atoms with van der Waals surface area (Å²) >= 11 is 5.67. The number of benzene rings is 2. The monoisotopic (exact) mass is 316 g/mol. The lowest BCUT2D eigenvalue weighted by molar-refractivity contribution is 0.304. The van der Waals surface area contributed by atoms with Crippen LogP contribution < -0.4 is 4.74 Å². The highest BCUT2D eigenvalue weighted by Gasteiger charge is 1.99. The summed E-state index contributed by atoms with van der Waals surface area (Å²) < 4.78 is 5.87. The Morgan fingerprint density at radius 1 is 0.682 bits per heavy atom. The second kappa shape index (κ2) is 10.3. The lowest BCUT2D eigenvalue weighted by Gasteiger charge is -2.08. The van der Waals surface area contributed by atoms with Crippen LogP contribution in [0, 0.1) is 0 Å². The van der Waals surface area contributed by atoms with Crippen molar-refractivity contribution in [1.29, 1.82) is 0 Å². The van der Waals surface area contributed by atoms with Crippen LogP contribution in [0.2, 0.25) is 0 Å². The summed E-state index contributed by atoms with van der Waals surface area (Å²) in [6.07, 6.45) is 7.32. The van der Waals surface area contributed by atoms with E-state index in [1.54, 1.807) is 0 Å². The van der Waals surface area contributed by atoms with Crippen LogP contribution in [-0.2, 0) is 0 Å². The highest BCUT2D eigenvalue weighted by molar-refractivity contribution is 6.17. The van der Waals surface area contributed by atoms with Gasteiger partial charge in [0.1, 0.15) is 5.75 Å². The van der Waals surface area contributed by atoms with E-state index in [0.717, 1.165) is 31.1 Å². The Labute approximate surface area is 139 Å². The van der Waals surface area contributed by atoms with Crippen molar-refractivity contribution in [1.82, 2.24) is 0 Å². The number of ether oxygens (including phenoxy) is 1. The van der Waals surface area contributed by atoms with Gasteiger partial charge in [0.2, 0.25) is 0 Å². The molecule has 0 saturated heterocycles. The van der Waals surface area contributed by atoms with E-state index in [1.165, 1.54) is 36.8 Å². The van der Waals surface area contributed by atoms with Crippen LogP contribution in [-0.4, -0.2) is 12.5 Å². The fourth-order valence-corrected chi connectivity index (χ4v) is 2.68. The molecule has 0 atom stereocenters. The highest BCUT2D eigenvalue weighted by atomic mass is 35.5. The molecule has 0 aliphatic heterocycles. The van der Waals surface area contributed by atoms with Crippen molar-refractivity contribution in [3.8, 4) is 16.9 Å². The van der Waals surface area contributed by atoms with Gasteiger partial charge in [0, 0.05) is 5.88 Å². The molecule has 0 amide bonds. The standard InChI is InChI=1S/C20H25ClO/c21-15-8-3-1-2-4-9-16-22-20-14-10-13-19(17-20)18-11-6-5-7-12-18/h5-7,10-14,17H,1-4,8-9,15-16H2. The number of hydrogen-bond donors (Lipinski definition) is 0. The SMILES string of the molecule is ClCCCCCCCCOc1cccc(-c2ccccc2)c1. The van der Waals surface area contributed by atoms with Crippen molar-refractivity contribution in [3.05, 3.63) is 54.6 Å². The van der Waals surface area contributed by atoms with Crippen molar-refractivity contribution in [2.75, 3.05) is 12.5 Å². The first-order valence-electron chi connectivity index (χ1n) is 8.24. The molecule has 0 aliphatic rings. The lowest BCUT2D eigenvalue weighted by atomic mass is 10.1. The van der Waals surface area contributed by atoms with Crippen LogP contribution in [0.25, 0.3) is 11.1 Å². The van der Waals surface area contributed by atoms with Crippen molar-refractivity contribution >= 4 is 11.6 Å². The first-order valence-corrected chi connectivity index (χ1v) is 8.78. The fraction of sp³-hybridized carbons (Fsp3) is 0.400. The smallest absolute Gasteiger partial charge is 0.119 e. The molecule has 0 N–H and O–H groups in total. The van der Waals surface area contributed by atoms with E-state index in [-0.39, 0.29) is 0 Å². The van der Waals surface area contributed by atoms with Crippen LogP contribution in [0.4, 0.5) is 0 Å². The quantitative estimate of drug-likeness (QED) is 0.368. The normalized spacial score (nSPS) is 10.6.